The molecule has 7 nitrogen and oxygen atoms in total. The number of hydrogen-bond donors (Lipinski definition) is 5. The molecule has 1 fully saturated rings. The van der Waals surface area contributed by atoms with Gasteiger partial charge in [0.25, 0.3) is 0 Å². The van der Waals surface area contributed by atoms with E-state index in [0.29, 0.717) is 5.56 Å². The molecule has 1 saturated heterocycles. The molecule has 1 aromatic carbocycles. The Hall–Kier alpha value is -1.22. The predicted molar refractivity (Wildman–Crippen MR) is 66.8 cm³/mol. The van der Waals surface area contributed by atoms with Gasteiger partial charge in [0.05, 0.1) is 13.2 Å². The Bertz CT molecular complexity index is 421. The number of hydrogen-bond acceptors (Lipinski definition) is 7. The van der Waals surface area contributed by atoms with Crippen LogP contribution >= 0.6 is 0 Å². The maximum Gasteiger partial charge on any atom is 0.184 e. The van der Waals surface area contributed by atoms with Crippen molar-refractivity contribution in [3.05, 3.63) is 29.8 Å². The van der Waals surface area contributed by atoms with E-state index >= 15 is 0 Å². The van der Waals surface area contributed by atoms with Crippen LogP contribution in [0, 0.1) is 0 Å². The van der Waals surface area contributed by atoms with E-state index < -0.39 is 37.3 Å². The molecular weight excluding hydrogens is 268 g/mol. The minimum Gasteiger partial charge on any atom is -0.508 e. The van der Waals surface area contributed by atoms with Gasteiger partial charge in [0.2, 0.25) is 0 Å². The average Bonchev–Trinajstić information content (AvgIpc) is 2.95. The Morgan fingerprint density at radius 1 is 1.15 bits per heavy atom. The summed E-state index contributed by atoms with van der Waals surface area (Å²) in [4.78, 5) is 0. The fourth-order valence-corrected chi connectivity index (χ4v) is 1.96. The molecule has 1 heterocycles. The molecule has 5 N–H and O–H groups in total. The molecule has 0 bridgehead atoms. The Labute approximate surface area is 115 Å². The molecule has 0 aromatic heterocycles. The summed E-state index contributed by atoms with van der Waals surface area (Å²) in [6.07, 6.45) is -5.87. The molecule has 7 heteroatoms. The van der Waals surface area contributed by atoms with E-state index in [1.165, 1.54) is 12.1 Å². The summed E-state index contributed by atoms with van der Waals surface area (Å²) >= 11 is 0. The molecule has 20 heavy (non-hydrogen) atoms. The van der Waals surface area contributed by atoms with Crippen LogP contribution in [0.5, 0.6) is 5.75 Å². The Morgan fingerprint density at radius 3 is 2.40 bits per heavy atom. The van der Waals surface area contributed by atoms with Crippen molar-refractivity contribution in [2.75, 3.05) is 13.2 Å². The van der Waals surface area contributed by atoms with Crippen molar-refractivity contribution in [2.45, 2.75) is 30.7 Å². The lowest BCUT2D eigenvalue weighted by Gasteiger charge is -2.25. The number of aliphatic hydroxyl groups excluding tert-OH is 4. The molecule has 5 atom stereocenters. The summed E-state index contributed by atoms with van der Waals surface area (Å²) in [6.45, 7) is -0.616. The standard InChI is InChI=1S/C13H18O7/c14-5-9(16)11(17)12(18)10-6-19-13(20-10)7-1-3-8(15)4-2-7/h1-4,9-18H,5-6H2/t9-,10+,11-,12-,13?/m0/s1. The van der Waals surface area contributed by atoms with E-state index in [0.717, 1.165) is 0 Å². The van der Waals surface area contributed by atoms with Gasteiger partial charge in [-0.1, -0.05) is 12.1 Å². The third-order valence-electron chi connectivity index (χ3n) is 3.19. The quantitative estimate of drug-likeness (QED) is 0.465. The largest absolute Gasteiger partial charge is 0.508 e. The minimum absolute atomic E-state index is 0.0436. The predicted octanol–water partition coefficient (Wildman–Crippen LogP) is -1.12. The van der Waals surface area contributed by atoms with E-state index in [9.17, 15) is 20.4 Å². The highest BCUT2D eigenvalue weighted by molar-refractivity contribution is 5.26. The third kappa shape index (κ3) is 3.26. The zero-order chi connectivity index (χ0) is 14.7. The molecule has 1 aromatic rings. The van der Waals surface area contributed by atoms with Crippen molar-refractivity contribution < 1.29 is 35.0 Å². The number of aromatic hydroxyl groups is 1. The summed E-state index contributed by atoms with van der Waals surface area (Å²) < 4.78 is 10.8. The van der Waals surface area contributed by atoms with E-state index in [1.54, 1.807) is 12.1 Å². The first kappa shape index (κ1) is 15.2. The van der Waals surface area contributed by atoms with Crippen LogP contribution in [-0.4, -0.2) is 63.2 Å². The van der Waals surface area contributed by atoms with Crippen molar-refractivity contribution in [3.8, 4) is 5.75 Å². The van der Waals surface area contributed by atoms with Crippen molar-refractivity contribution in [2.24, 2.45) is 0 Å². The van der Waals surface area contributed by atoms with E-state index in [2.05, 4.69) is 0 Å². The summed E-state index contributed by atoms with van der Waals surface area (Å²) in [5.74, 6) is 0.116. The molecule has 0 saturated carbocycles. The number of rotatable bonds is 5. The van der Waals surface area contributed by atoms with E-state index in [-0.39, 0.29) is 12.4 Å². The van der Waals surface area contributed by atoms with Crippen LogP contribution in [-0.2, 0) is 9.47 Å². The molecule has 112 valence electrons. The van der Waals surface area contributed by atoms with Crippen LogP contribution in [0.2, 0.25) is 0 Å². The first-order valence-corrected chi connectivity index (χ1v) is 6.24. The van der Waals surface area contributed by atoms with Crippen LogP contribution < -0.4 is 0 Å². The molecule has 0 spiro atoms. The van der Waals surface area contributed by atoms with Crippen molar-refractivity contribution >= 4 is 0 Å². The number of phenols is 1. The number of aliphatic hydroxyl groups is 4. The Morgan fingerprint density at radius 2 is 1.80 bits per heavy atom. The monoisotopic (exact) mass is 286 g/mol. The molecule has 2 rings (SSSR count). The highest BCUT2D eigenvalue weighted by Gasteiger charge is 2.38. The smallest absolute Gasteiger partial charge is 0.184 e. The molecule has 1 aliphatic rings. The fraction of sp³-hybridized carbons (Fsp3) is 0.538. The maximum absolute atomic E-state index is 9.86. The van der Waals surface area contributed by atoms with Gasteiger partial charge in [-0.15, -0.1) is 0 Å². The lowest BCUT2D eigenvalue weighted by Crippen LogP contribution is -2.46. The second-order valence-electron chi connectivity index (χ2n) is 4.66. The van der Waals surface area contributed by atoms with Gasteiger partial charge in [-0.2, -0.15) is 0 Å². The lowest BCUT2D eigenvalue weighted by molar-refractivity contribution is -0.134. The van der Waals surface area contributed by atoms with Gasteiger partial charge in [0, 0.05) is 5.56 Å². The van der Waals surface area contributed by atoms with Gasteiger partial charge < -0.3 is 35.0 Å². The van der Waals surface area contributed by atoms with Gasteiger partial charge in [-0.05, 0) is 12.1 Å². The van der Waals surface area contributed by atoms with Gasteiger partial charge in [0.15, 0.2) is 6.29 Å². The summed E-state index contributed by atoms with van der Waals surface area (Å²) in [6, 6.07) is 6.20. The number of phenolic OH excluding ortho intramolecular Hbond substituents is 1. The zero-order valence-electron chi connectivity index (χ0n) is 10.7. The van der Waals surface area contributed by atoms with Crippen LogP contribution in [0.15, 0.2) is 24.3 Å². The van der Waals surface area contributed by atoms with Gasteiger partial charge >= 0.3 is 0 Å². The summed E-state index contributed by atoms with van der Waals surface area (Å²) in [5.41, 5.74) is 0.662. The van der Waals surface area contributed by atoms with Crippen LogP contribution in [0.3, 0.4) is 0 Å². The second-order valence-corrected chi connectivity index (χ2v) is 4.66. The highest BCUT2D eigenvalue weighted by atomic mass is 16.7. The topological polar surface area (TPSA) is 120 Å². The fourth-order valence-electron chi connectivity index (χ4n) is 1.96. The van der Waals surface area contributed by atoms with Crippen molar-refractivity contribution in [3.63, 3.8) is 0 Å². The molecule has 1 aliphatic heterocycles. The average molecular weight is 286 g/mol. The van der Waals surface area contributed by atoms with Crippen LogP contribution in [0.25, 0.3) is 0 Å². The number of benzene rings is 1. The van der Waals surface area contributed by atoms with Crippen molar-refractivity contribution in [1.29, 1.82) is 0 Å². The first-order valence-electron chi connectivity index (χ1n) is 6.24. The molecule has 1 unspecified atom stereocenters. The highest BCUT2D eigenvalue weighted by Crippen LogP contribution is 2.30. The zero-order valence-corrected chi connectivity index (χ0v) is 10.7. The van der Waals surface area contributed by atoms with Crippen LogP contribution in [0.1, 0.15) is 11.9 Å². The molecule has 0 radical (unpaired) electrons. The molecule has 0 aliphatic carbocycles. The normalized spacial score (nSPS) is 27.2. The summed E-state index contributed by atoms with van der Waals surface area (Å²) in [5, 5.41) is 46.7. The van der Waals surface area contributed by atoms with E-state index in [1.807, 2.05) is 0 Å². The van der Waals surface area contributed by atoms with Gasteiger partial charge in [-0.25, -0.2) is 0 Å². The molecule has 0 amide bonds. The van der Waals surface area contributed by atoms with Gasteiger partial charge in [0.1, 0.15) is 30.2 Å². The Kier molecular flexibility index (Phi) is 4.92. The summed E-state index contributed by atoms with van der Waals surface area (Å²) in [7, 11) is 0. The lowest BCUT2D eigenvalue weighted by atomic mass is 10.0. The van der Waals surface area contributed by atoms with E-state index in [4.69, 9.17) is 14.6 Å². The van der Waals surface area contributed by atoms with Gasteiger partial charge in [-0.3, -0.25) is 0 Å². The first-order chi connectivity index (χ1) is 9.52. The minimum atomic E-state index is -1.52. The maximum atomic E-state index is 9.86. The second kappa shape index (κ2) is 6.49. The SMILES string of the molecule is OC[C@H](O)[C@H](O)[C@@H](O)[C@H]1COC(c2ccc(O)cc2)O1. The Balaban J connectivity index is 1.96. The van der Waals surface area contributed by atoms with Crippen molar-refractivity contribution in [1.82, 2.24) is 0 Å². The number of ether oxygens (including phenoxy) is 2. The van der Waals surface area contributed by atoms with Crippen LogP contribution in [0.4, 0.5) is 0 Å². The third-order valence-corrected chi connectivity index (χ3v) is 3.19. The molecular formula is C13H18O7.